The summed E-state index contributed by atoms with van der Waals surface area (Å²) >= 11 is 6.01. The minimum Gasteiger partial charge on any atom is -0.322 e. The molecule has 0 aliphatic carbocycles. The molecule has 1 aliphatic heterocycles. The Balaban J connectivity index is 1.64. The molecule has 30 heavy (non-hydrogen) atoms. The van der Waals surface area contributed by atoms with Gasteiger partial charge >= 0.3 is 0 Å². The molecule has 0 fully saturated rings. The quantitative estimate of drug-likeness (QED) is 0.469. The Hall–Kier alpha value is -3.44. The van der Waals surface area contributed by atoms with Crippen molar-refractivity contribution in [1.29, 1.82) is 0 Å². The van der Waals surface area contributed by atoms with E-state index in [2.05, 4.69) is 10.2 Å². The first-order valence-electron chi connectivity index (χ1n) is 9.56. The van der Waals surface area contributed by atoms with Gasteiger partial charge in [0.25, 0.3) is 5.91 Å². The van der Waals surface area contributed by atoms with E-state index in [4.69, 9.17) is 11.6 Å². The Morgan fingerprint density at radius 1 is 1.00 bits per heavy atom. The van der Waals surface area contributed by atoms with Crippen molar-refractivity contribution in [3.63, 3.8) is 0 Å². The molecular formula is C24H17ClFN3O. The minimum absolute atomic E-state index is 0.163. The fourth-order valence-corrected chi connectivity index (χ4v) is 4.11. The second-order valence-electron chi connectivity index (χ2n) is 7.24. The largest absolute Gasteiger partial charge is 0.322 e. The monoisotopic (exact) mass is 417 g/mol. The molecule has 0 saturated heterocycles. The van der Waals surface area contributed by atoms with Gasteiger partial charge in [0.1, 0.15) is 11.5 Å². The lowest BCUT2D eigenvalue weighted by Gasteiger charge is -2.26. The second-order valence-corrected chi connectivity index (χ2v) is 7.68. The zero-order valence-corrected chi connectivity index (χ0v) is 16.6. The summed E-state index contributed by atoms with van der Waals surface area (Å²) in [5.74, 6) is -0.506. The Kier molecular flexibility index (Phi) is 4.60. The maximum Gasteiger partial charge on any atom is 0.273 e. The van der Waals surface area contributed by atoms with Crippen molar-refractivity contribution in [3.05, 3.63) is 112 Å². The van der Waals surface area contributed by atoms with E-state index in [0.29, 0.717) is 28.5 Å². The zero-order valence-electron chi connectivity index (χ0n) is 15.8. The molecule has 1 unspecified atom stereocenters. The molecule has 3 aromatic carbocycles. The summed E-state index contributed by atoms with van der Waals surface area (Å²) in [7, 11) is 0. The van der Waals surface area contributed by atoms with Gasteiger partial charge in [-0.3, -0.25) is 9.89 Å². The van der Waals surface area contributed by atoms with E-state index in [1.54, 1.807) is 23.1 Å². The number of aromatic nitrogens is 2. The fourth-order valence-electron chi connectivity index (χ4n) is 3.99. The summed E-state index contributed by atoms with van der Waals surface area (Å²) in [6.07, 6.45) is 0. The number of hydrogen-bond donors (Lipinski definition) is 1. The van der Waals surface area contributed by atoms with E-state index in [1.165, 1.54) is 12.1 Å². The average Bonchev–Trinajstić information content (AvgIpc) is 3.30. The lowest BCUT2D eigenvalue weighted by atomic mass is 9.96. The normalized spacial score (nSPS) is 15.5. The topological polar surface area (TPSA) is 49.0 Å². The zero-order chi connectivity index (χ0) is 20.7. The maximum atomic E-state index is 14.1. The molecule has 4 aromatic rings. The number of carbonyl (C=O) groups is 1. The summed E-state index contributed by atoms with van der Waals surface area (Å²) < 4.78 is 14.1. The molecule has 148 valence electrons. The van der Waals surface area contributed by atoms with Crippen molar-refractivity contribution in [2.24, 2.45) is 0 Å². The molecule has 1 aliphatic rings. The molecule has 2 heterocycles. The summed E-state index contributed by atoms with van der Waals surface area (Å²) in [4.78, 5) is 15.1. The third-order valence-corrected chi connectivity index (χ3v) is 5.59. The number of hydrogen-bond acceptors (Lipinski definition) is 2. The van der Waals surface area contributed by atoms with E-state index >= 15 is 0 Å². The van der Waals surface area contributed by atoms with Crippen LogP contribution in [0.2, 0.25) is 5.02 Å². The number of nitrogens with one attached hydrogen (secondary N) is 1. The van der Waals surface area contributed by atoms with Gasteiger partial charge in [0, 0.05) is 22.7 Å². The van der Waals surface area contributed by atoms with Gasteiger partial charge in [-0.05, 0) is 35.4 Å². The molecule has 0 saturated carbocycles. The van der Waals surface area contributed by atoms with Gasteiger partial charge in [-0.1, -0.05) is 66.2 Å². The van der Waals surface area contributed by atoms with Gasteiger partial charge in [-0.2, -0.15) is 5.10 Å². The predicted octanol–water partition coefficient (Wildman–Crippen LogP) is 5.61. The number of nitrogens with zero attached hydrogens (tertiary/aromatic N) is 2. The summed E-state index contributed by atoms with van der Waals surface area (Å²) in [5, 5.41) is 7.98. The summed E-state index contributed by atoms with van der Waals surface area (Å²) in [5.41, 5.74) is 4.45. The molecule has 4 nitrogen and oxygen atoms in total. The lowest BCUT2D eigenvalue weighted by molar-refractivity contribution is 0.0730. The molecule has 1 atom stereocenters. The van der Waals surface area contributed by atoms with Gasteiger partial charge in [0.2, 0.25) is 0 Å². The van der Waals surface area contributed by atoms with Crippen LogP contribution in [0.4, 0.5) is 4.39 Å². The SMILES string of the molecule is O=C1c2[nH]nc(-c3ccccc3)c2C(c2cccc(F)c2)N1Cc1ccc(Cl)cc1. The third kappa shape index (κ3) is 3.17. The van der Waals surface area contributed by atoms with Crippen LogP contribution < -0.4 is 0 Å². The molecule has 1 aromatic heterocycles. The second kappa shape index (κ2) is 7.43. The number of amides is 1. The van der Waals surface area contributed by atoms with Crippen molar-refractivity contribution < 1.29 is 9.18 Å². The standard InChI is InChI=1S/C24H17ClFN3O/c25-18-11-9-15(10-12-18)14-29-23(17-7-4-8-19(26)13-17)20-21(16-5-2-1-3-6-16)27-28-22(20)24(29)30/h1-13,23H,14H2,(H,27,28). The number of halogens is 2. The first-order valence-corrected chi connectivity index (χ1v) is 9.94. The first-order chi connectivity index (χ1) is 14.6. The molecular weight excluding hydrogens is 401 g/mol. The van der Waals surface area contributed by atoms with Crippen LogP contribution in [0.15, 0.2) is 78.9 Å². The molecule has 1 amide bonds. The Morgan fingerprint density at radius 3 is 2.50 bits per heavy atom. The van der Waals surface area contributed by atoms with E-state index in [0.717, 1.165) is 16.7 Å². The van der Waals surface area contributed by atoms with Crippen molar-refractivity contribution in [1.82, 2.24) is 15.1 Å². The van der Waals surface area contributed by atoms with Crippen molar-refractivity contribution in [2.75, 3.05) is 0 Å². The van der Waals surface area contributed by atoms with E-state index in [-0.39, 0.29) is 11.7 Å². The minimum atomic E-state index is -0.451. The van der Waals surface area contributed by atoms with Gasteiger partial charge in [-0.15, -0.1) is 0 Å². The van der Waals surface area contributed by atoms with Crippen LogP contribution in [0.1, 0.15) is 33.2 Å². The average molecular weight is 418 g/mol. The molecule has 0 bridgehead atoms. The van der Waals surface area contributed by atoms with Gasteiger partial charge < -0.3 is 4.90 Å². The lowest BCUT2D eigenvalue weighted by Crippen LogP contribution is -2.29. The highest BCUT2D eigenvalue weighted by Crippen LogP contribution is 2.43. The van der Waals surface area contributed by atoms with Crippen LogP contribution in [0.5, 0.6) is 0 Å². The van der Waals surface area contributed by atoms with Gasteiger partial charge in [0.15, 0.2) is 0 Å². The van der Waals surface area contributed by atoms with Gasteiger partial charge in [-0.25, -0.2) is 4.39 Å². The summed E-state index contributed by atoms with van der Waals surface area (Å²) in [6.45, 7) is 0.369. The summed E-state index contributed by atoms with van der Waals surface area (Å²) in [6, 6.07) is 23.0. The highest BCUT2D eigenvalue weighted by atomic mass is 35.5. The maximum absolute atomic E-state index is 14.1. The molecule has 6 heteroatoms. The number of fused-ring (bicyclic) bond motifs is 1. The third-order valence-electron chi connectivity index (χ3n) is 5.34. The number of rotatable bonds is 4. The fraction of sp³-hybridized carbons (Fsp3) is 0.0833. The molecule has 0 radical (unpaired) electrons. The predicted molar refractivity (Wildman–Crippen MR) is 114 cm³/mol. The highest BCUT2D eigenvalue weighted by molar-refractivity contribution is 6.30. The Morgan fingerprint density at radius 2 is 1.77 bits per heavy atom. The van der Waals surface area contributed by atoms with Crippen LogP contribution in [-0.4, -0.2) is 21.0 Å². The molecule has 0 spiro atoms. The number of H-pyrrole nitrogens is 1. The van der Waals surface area contributed by atoms with Crippen LogP contribution in [0.3, 0.4) is 0 Å². The van der Waals surface area contributed by atoms with Gasteiger partial charge in [0.05, 0.1) is 11.7 Å². The van der Waals surface area contributed by atoms with Crippen molar-refractivity contribution in [2.45, 2.75) is 12.6 Å². The Bertz CT molecular complexity index is 1220. The van der Waals surface area contributed by atoms with Crippen LogP contribution in [0, 0.1) is 5.82 Å². The number of carbonyl (C=O) groups excluding carboxylic acids is 1. The first kappa shape index (κ1) is 18.6. The van der Waals surface area contributed by atoms with E-state index < -0.39 is 6.04 Å². The number of aromatic amines is 1. The Labute approximate surface area is 177 Å². The van der Waals surface area contributed by atoms with Crippen LogP contribution in [-0.2, 0) is 6.54 Å². The highest BCUT2D eigenvalue weighted by Gasteiger charge is 2.42. The van der Waals surface area contributed by atoms with E-state index in [1.807, 2.05) is 48.5 Å². The molecule has 5 rings (SSSR count). The van der Waals surface area contributed by atoms with Crippen LogP contribution in [0.25, 0.3) is 11.3 Å². The van der Waals surface area contributed by atoms with Crippen LogP contribution >= 0.6 is 11.6 Å². The number of benzene rings is 3. The van der Waals surface area contributed by atoms with E-state index in [9.17, 15) is 9.18 Å². The molecule has 1 N–H and O–H groups in total. The van der Waals surface area contributed by atoms with Crippen molar-refractivity contribution in [3.8, 4) is 11.3 Å². The smallest absolute Gasteiger partial charge is 0.273 e. The van der Waals surface area contributed by atoms with Crippen molar-refractivity contribution >= 4 is 17.5 Å².